The van der Waals surface area contributed by atoms with Gasteiger partial charge in [-0.05, 0) is 19.1 Å². The number of thioether (sulfide) groups is 1. The SMILES string of the molecule is COc1ccccc1C(=O)CN1CCSCC1C. The molecule has 3 nitrogen and oxygen atoms in total. The predicted molar refractivity (Wildman–Crippen MR) is 75.7 cm³/mol. The van der Waals surface area contributed by atoms with Gasteiger partial charge >= 0.3 is 0 Å². The van der Waals surface area contributed by atoms with E-state index in [1.165, 1.54) is 0 Å². The number of para-hydroxylation sites is 1. The zero-order valence-electron chi connectivity index (χ0n) is 10.9. The molecule has 0 aliphatic carbocycles. The molecule has 1 aliphatic heterocycles. The van der Waals surface area contributed by atoms with Crippen molar-refractivity contribution in [2.45, 2.75) is 13.0 Å². The number of rotatable bonds is 4. The maximum atomic E-state index is 12.3. The Morgan fingerprint density at radius 2 is 2.28 bits per heavy atom. The van der Waals surface area contributed by atoms with Gasteiger partial charge in [-0.2, -0.15) is 11.8 Å². The van der Waals surface area contributed by atoms with Gasteiger partial charge in [0.2, 0.25) is 0 Å². The van der Waals surface area contributed by atoms with Crippen LogP contribution in [0.2, 0.25) is 0 Å². The van der Waals surface area contributed by atoms with Gasteiger partial charge < -0.3 is 4.74 Å². The first-order chi connectivity index (χ1) is 8.72. The molecule has 0 saturated carbocycles. The monoisotopic (exact) mass is 265 g/mol. The van der Waals surface area contributed by atoms with Crippen LogP contribution in [0.5, 0.6) is 5.75 Å². The Morgan fingerprint density at radius 3 is 3.00 bits per heavy atom. The van der Waals surface area contributed by atoms with E-state index in [9.17, 15) is 4.79 Å². The number of benzene rings is 1. The summed E-state index contributed by atoms with van der Waals surface area (Å²) < 4.78 is 5.24. The molecule has 98 valence electrons. The molecule has 1 heterocycles. The van der Waals surface area contributed by atoms with Gasteiger partial charge in [-0.1, -0.05) is 12.1 Å². The summed E-state index contributed by atoms with van der Waals surface area (Å²) in [6.45, 7) is 3.66. The summed E-state index contributed by atoms with van der Waals surface area (Å²) in [7, 11) is 1.60. The van der Waals surface area contributed by atoms with Crippen molar-refractivity contribution in [3.05, 3.63) is 29.8 Å². The second-order valence-electron chi connectivity index (χ2n) is 4.52. The van der Waals surface area contributed by atoms with Gasteiger partial charge in [0.05, 0.1) is 19.2 Å². The molecule has 1 aromatic rings. The molecule has 1 fully saturated rings. The number of nitrogens with zero attached hydrogens (tertiary/aromatic N) is 1. The van der Waals surface area contributed by atoms with E-state index in [2.05, 4.69) is 11.8 Å². The molecule has 18 heavy (non-hydrogen) atoms. The molecule has 1 unspecified atom stereocenters. The summed E-state index contributed by atoms with van der Waals surface area (Å²) in [5.41, 5.74) is 0.686. The molecule has 1 atom stereocenters. The number of ketones is 1. The largest absolute Gasteiger partial charge is 0.496 e. The minimum absolute atomic E-state index is 0.145. The van der Waals surface area contributed by atoms with Crippen LogP contribution in [0.3, 0.4) is 0 Å². The lowest BCUT2D eigenvalue weighted by molar-refractivity contribution is 0.0908. The summed E-state index contributed by atoms with van der Waals surface area (Å²) in [4.78, 5) is 14.6. The third-order valence-electron chi connectivity index (χ3n) is 3.26. The van der Waals surface area contributed by atoms with Crippen LogP contribution < -0.4 is 4.74 Å². The van der Waals surface area contributed by atoms with E-state index in [0.717, 1.165) is 18.1 Å². The smallest absolute Gasteiger partial charge is 0.180 e. The minimum Gasteiger partial charge on any atom is -0.496 e. The van der Waals surface area contributed by atoms with Crippen molar-refractivity contribution in [2.24, 2.45) is 0 Å². The lowest BCUT2D eigenvalue weighted by atomic mass is 10.1. The lowest BCUT2D eigenvalue weighted by Crippen LogP contribution is -2.43. The van der Waals surface area contributed by atoms with Gasteiger partial charge in [-0.25, -0.2) is 0 Å². The molecule has 0 amide bonds. The normalized spacial score (nSPS) is 20.7. The van der Waals surface area contributed by atoms with Crippen LogP contribution >= 0.6 is 11.8 Å². The number of methoxy groups -OCH3 is 1. The van der Waals surface area contributed by atoms with Crippen molar-refractivity contribution < 1.29 is 9.53 Å². The first-order valence-electron chi connectivity index (χ1n) is 6.20. The van der Waals surface area contributed by atoms with Crippen molar-refractivity contribution in [1.29, 1.82) is 0 Å². The van der Waals surface area contributed by atoms with Gasteiger partial charge in [0.15, 0.2) is 5.78 Å². The molecule has 2 rings (SSSR count). The third kappa shape index (κ3) is 3.06. The summed E-state index contributed by atoms with van der Waals surface area (Å²) in [5, 5.41) is 0. The quantitative estimate of drug-likeness (QED) is 0.781. The number of carbonyl (C=O) groups is 1. The summed E-state index contributed by atoms with van der Waals surface area (Å²) in [6, 6.07) is 7.91. The number of hydrogen-bond acceptors (Lipinski definition) is 4. The van der Waals surface area contributed by atoms with Crippen LogP contribution in [-0.2, 0) is 0 Å². The highest BCUT2D eigenvalue weighted by molar-refractivity contribution is 7.99. The highest BCUT2D eigenvalue weighted by atomic mass is 32.2. The van der Waals surface area contributed by atoms with Gasteiger partial charge in [-0.15, -0.1) is 0 Å². The van der Waals surface area contributed by atoms with E-state index >= 15 is 0 Å². The van der Waals surface area contributed by atoms with Crippen molar-refractivity contribution in [2.75, 3.05) is 31.7 Å². The number of Topliss-reactive ketones (excluding diaryl/α,β-unsaturated/α-hetero) is 1. The average molecular weight is 265 g/mol. The molecule has 0 aromatic heterocycles. The van der Waals surface area contributed by atoms with Crippen molar-refractivity contribution >= 4 is 17.5 Å². The Kier molecular flexibility index (Phi) is 4.66. The fraction of sp³-hybridized carbons (Fsp3) is 0.500. The van der Waals surface area contributed by atoms with E-state index in [1.807, 2.05) is 36.0 Å². The molecule has 0 bridgehead atoms. The Bertz CT molecular complexity index is 422. The molecule has 0 spiro atoms. The van der Waals surface area contributed by atoms with Gasteiger partial charge in [0.1, 0.15) is 5.75 Å². The molecule has 1 aliphatic rings. The number of carbonyl (C=O) groups excluding carboxylic acids is 1. The summed E-state index contributed by atoms with van der Waals surface area (Å²) in [6.07, 6.45) is 0. The topological polar surface area (TPSA) is 29.5 Å². The maximum Gasteiger partial charge on any atom is 0.180 e. The molecule has 1 saturated heterocycles. The second-order valence-corrected chi connectivity index (χ2v) is 5.67. The summed E-state index contributed by atoms with van der Waals surface area (Å²) in [5.74, 6) is 3.04. The van der Waals surface area contributed by atoms with Crippen LogP contribution in [0.1, 0.15) is 17.3 Å². The van der Waals surface area contributed by atoms with Gasteiger partial charge in [-0.3, -0.25) is 9.69 Å². The van der Waals surface area contributed by atoms with Crippen LogP contribution in [-0.4, -0.2) is 48.4 Å². The van der Waals surface area contributed by atoms with E-state index in [1.54, 1.807) is 7.11 Å². The molecule has 4 heteroatoms. The van der Waals surface area contributed by atoms with Crippen LogP contribution in [0, 0.1) is 0 Å². The van der Waals surface area contributed by atoms with Crippen molar-refractivity contribution in [3.63, 3.8) is 0 Å². The zero-order valence-corrected chi connectivity index (χ0v) is 11.7. The maximum absolute atomic E-state index is 12.3. The summed E-state index contributed by atoms with van der Waals surface area (Å²) >= 11 is 1.96. The second kappa shape index (κ2) is 6.25. The van der Waals surface area contributed by atoms with Crippen molar-refractivity contribution in [1.82, 2.24) is 4.90 Å². The van der Waals surface area contributed by atoms with Crippen LogP contribution in [0.4, 0.5) is 0 Å². The Balaban J connectivity index is 2.07. The molecular formula is C14H19NO2S. The number of ether oxygens (including phenoxy) is 1. The Morgan fingerprint density at radius 1 is 1.50 bits per heavy atom. The minimum atomic E-state index is 0.145. The average Bonchev–Trinajstić information content (AvgIpc) is 2.41. The standard InChI is InChI=1S/C14H19NO2S/c1-11-10-18-8-7-15(11)9-13(16)12-5-3-4-6-14(12)17-2/h3-6,11H,7-10H2,1-2H3. The molecule has 0 N–H and O–H groups in total. The molecule has 1 aromatic carbocycles. The highest BCUT2D eigenvalue weighted by Gasteiger charge is 2.22. The highest BCUT2D eigenvalue weighted by Crippen LogP contribution is 2.20. The van der Waals surface area contributed by atoms with E-state index in [0.29, 0.717) is 23.9 Å². The van der Waals surface area contributed by atoms with E-state index in [-0.39, 0.29) is 5.78 Å². The fourth-order valence-corrected chi connectivity index (χ4v) is 3.22. The Hall–Kier alpha value is -1.00. The van der Waals surface area contributed by atoms with Gasteiger partial charge in [0, 0.05) is 24.1 Å². The molecular weight excluding hydrogens is 246 g/mol. The molecule has 0 radical (unpaired) electrons. The first-order valence-corrected chi connectivity index (χ1v) is 7.36. The predicted octanol–water partition coefficient (Wildman–Crippen LogP) is 2.32. The number of hydrogen-bond donors (Lipinski definition) is 0. The van der Waals surface area contributed by atoms with E-state index in [4.69, 9.17) is 4.74 Å². The van der Waals surface area contributed by atoms with Crippen molar-refractivity contribution in [3.8, 4) is 5.75 Å². The first kappa shape index (κ1) is 13.4. The van der Waals surface area contributed by atoms with Gasteiger partial charge in [0.25, 0.3) is 0 Å². The van der Waals surface area contributed by atoms with Crippen LogP contribution in [0.25, 0.3) is 0 Å². The zero-order chi connectivity index (χ0) is 13.0. The third-order valence-corrected chi connectivity index (χ3v) is 4.45. The van der Waals surface area contributed by atoms with Crippen LogP contribution in [0.15, 0.2) is 24.3 Å². The fourth-order valence-electron chi connectivity index (χ4n) is 2.14. The lowest BCUT2D eigenvalue weighted by Gasteiger charge is -2.32. The Labute approximate surface area is 113 Å². The van der Waals surface area contributed by atoms with E-state index < -0.39 is 0 Å².